The van der Waals surface area contributed by atoms with Crippen molar-refractivity contribution in [1.29, 1.82) is 0 Å². The van der Waals surface area contributed by atoms with E-state index in [-0.39, 0.29) is 0 Å². The van der Waals surface area contributed by atoms with Gasteiger partial charge in [-0.1, -0.05) is 93.2 Å². The lowest BCUT2D eigenvalue weighted by molar-refractivity contribution is 1.16. The fraction of sp³-hybridized carbons (Fsp3) is 0. The maximum absolute atomic E-state index is 6.88. The van der Waals surface area contributed by atoms with Gasteiger partial charge in [0, 0.05) is 30.5 Å². The van der Waals surface area contributed by atoms with Crippen molar-refractivity contribution < 1.29 is 0 Å². The van der Waals surface area contributed by atoms with Gasteiger partial charge in [0.1, 0.15) is 0 Å². The van der Waals surface area contributed by atoms with Crippen LogP contribution in [0.4, 0.5) is 0 Å². The van der Waals surface area contributed by atoms with E-state index >= 15 is 0 Å². The Labute approximate surface area is 244 Å². The summed E-state index contributed by atoms with van der Waals surface area (Å²) in [5.74, 6) is 0. The van der Waals surface area contributed by atoms with Crippen molar-refractivity contribution in [2.24, 2.45) is 0 Å². The molecular weight excluding hydrogens is 655 g/mol. The lowest BCUT2D eigenvalue weighted by atomic mass is 10.1. The summed E-state index contributed by atoms with van der Waals surface area (Å²) in [6, 6.07) is 31.1. The second-order valence-electron chi connectivity index (χ2n) is 8.89. The SMILES string of the molecule is Clc1cccc(-n2c3ccccc3c3cc4c5ccccc5n(-c5cc(Br)cc(Br)c5Cl)c4cc32)c1Cl. The Morgan fingerprint density at radius 2 is 1.08 bits per heavy atom. The summed E-state index contributed by atoms with van der Waals surface area (Å²) in [6.45, 7) is 0. The van der Waals surface area contributed by atoms with Crippen LogP contribution in [0.1, 0.15) is 0 Å². The molecule has 0 aliphatic rings. The van der Waals surface area contributed by atoms with Crippen molar-refractivity contribution in [2.75, 3.05) is 0 Å². The van der Waals surface area contributed by atoms with Crippen LogP contribution in [0.25, 0.3) is 55.0 Å². The third kappa shape index (κ3) is 3.50. The molecule has 0 fully saturated rings. The Balaban J connectivity index is 1.71. The van der Waals surface area contributed by atoms with Crippen molar-refractivity contribution in [3.63, 3.8) is 0 Å². The van der Waals surface area contributed by atoms with Gasteiger partial charge in [-0.05, 0) is 64.5 Å². The van der Waals surface area contributed by atoms with E-state index in [9.17, 15) is 0 Å². The van der Waals surface area contributed by atoms with Gasteiger partial charge in [0.05, 0.1) is 48.5 Å². The molecule has 0 bridgehead atoms. The molecule has 0 saturated heterocycles. The Bertz CT molecular complexity index is 2060. The monoisotopic (exact) mass is 666 g/mol. The molecule has 7 aromatic rings. The molecule has 0 N–H and O–H groups in total. The van der Waals surface area contributed by atoms with Gasteiger partial charge in [0.25, 0.3) is 0 Å². The minimum Gasteiger partial charge on any atom is -0.308 e. The molecule has 2 heterocycles. The van der Waals surface area contributed by atoms with E-state index in [2.05, 4.69) is 95.6 Å². The second-order valence-corrected chi connectivity index (χ2v) is 11.8. The number of benzene rings is 5. The van der Waals surface area contributed by atoms with Crippen LogP contribution in [0.3, 0.4) is 0 Å². The van der Waals surface area contributed by atoms with Crippen molar-refractivity contribution in [3.05, 3.63) is 115 Å². The number of hydrogen-bond donors (Lipinski definition) is 0. The molecule has 0 spiro atoms. The zero-order valence-corrected chi connectivity index (χ0v) is 24.4. The first-order valence-electron chi connectivity index (χ1n) is 11.5. The summed E-state index contributed by atoms with van der Waals surface area (Å²) in [5.41, 5.74) is 5.94. The van der Waals surface area contributed by atoms with E-state index in [0.717, 1.165) is 63.9 Å². The Hall–Kier alpha value is -2.47. The molecule has 2 nitrogen and oxygen atoms in total. The molecule has 5 aromatic carbocycles. The van der Waals surface area contributed by atoms with Gasteiger partial charge in [-0.3, -0.25) is 0 Å². The highest BCUT2D eigenvalue weighted by Crippen LogP contribution is 2.43. The minimum atomic E-state index is 0.519. The fourth-order valence-corrected chi connectivity index (χ4v) is 7.10. The lowest BCUT2D eigenvalue weighted by Gasteiger charge is -2.13. The maximum Gasteiger partial charge on any atom is 0.0832 e. The molecule has 0 aliphatic heterocycles. The molecule has 0 radical (unpaired) electrons. The van der Waals surface area contributed by atoms with Crippen molar-refractivity contribution in [2.45, 2.75) is 0 Å². The Morgan fingerprint density at radius 3 is 1.73 bits per heavy atom. The lowest BCUT2D eigenvalue weighted by Crippen LogP contribution is -1.98. The average molecular weight is 670 g/mol. The van der Waals surface area contributed by atoms with Gasteiger partial charge >= 0.3 is 0 Å². The second kappa shape index (κ2) is 8.79. The highest BCUT2D eigenvalue weighted by molar-refractivity contribution is 9.11. The maximum atomic E-state index is 6.88. The number of nitrogens with zero attached hydrogens (tertiary/aromatic N) is 2. The molecule has 7 heteroatoms. The van der Waals surface area contributed by atoms with E-state index in [0.29, 0.717) is 15.1 Å². The summed E-state index contributed by atoms with van der Waals surface area (Å²) in [4.78, 5) is 0. The van der Waals surface area contributed by atoms with E-state index in [4.69, 9.17) is 34.8 Å². The smallest absolute Gasteiger partial charge is 0.0832 e. The zero-order chi connectivity index (χ0) is 25.4. The van der Waals surface area contributed by atoms with Crippen LogP contribution in [0.15, 0.2) is 99.9 Å². The number of aromatic nitrogens is 2. The van der Waals surface area contributed by atoms with Crippen molar-refractivity contribution in [1.82, 2.24) is 9.13 Å². The van der Waals surface area contributed by atoms with Crippen LogP contribution in [-0.4, -0.2) is 9.13 Å². The number of rotatable bonds is 2. The number of para-hydroxylation sites is 2. The molecule has 0 aliphatic carbocycles. The first-order chi connectivity index (χ1) is 17.9. The minimum absolute atomic E-state index is 0.519. The standard InChI is InChI=1S/C30H15Br2Cl3N2/c31-16-12-21(32)29(34)28(13-16)37-24-10-4-2-7-18(24)20-14-19-17-6-1-3-9-23(17)36(26(19)15-27(20)37)25-11-5-8-22(33)30(25)35/h1-15H. The number of halogens is 5. The summed E-state index contributed by atoms with van der Waals surface area (Å²) in [5, 5.41) is 6.28. The van der Waals surface area contributed by atoms with Gasteiger partial charge in [-0.25, -0.2) is 0 Å². The van der Waals surface area contributed by atoms with Crippen LogP contribution in [-0.2, 0) is 0 Å². The summed E-state index contributed by atoms with van der Waals surface area (Å²) in [7, 11) is 0. The predicted octanol–water partition coefficient (Wildman–Crippen LogP) is 11.4. The molecule has 0 amide bonds. The molecule has 7 rings (SSSR count). The van der Waals surface area contributed by atoms with E-state index in [1.807, 2.05) is 36.4 Å². The van der Waals surface area contributed by atoms with Crippen molar-refractivity contribution >= 4 is 110 Å². The number of fused-ring (bicyclic) bond motifs is 6. The van der Waals surface area contributed by atoms with Crippen LogP contribution in [0.5, 0.6) is 0 Å². The molecular formula is C30H15Br2Cl3N2. The van der Waals surface area contributed by atoms with Gasteiger partial charge in [0.15, 0.2) is 0 Å². The van der Waals surface area contributed by atoms with Crippen LogP contribution in [0.2, 0.25) is 15.1 Å². The summed E-state index contributed by atoms with van der Waals surface area (Å²) in [6.07, 6.45) is 0. The van der Waals surface area contributed by atoms with Crippen LogP contribution in [0, 0.1) is 0 Å². The van der Waals surface area contributed by atoms with Gasteiger partial charge in [-0.2, -0.15) is 0 Å². The highest BCUT2D eigenvalue weighted by Gasteiger charge is 2.21. The third-order valence-electron chi connectivity index (χ3n) is 6.85. The molecule has 0 saturated carbocycles. The van der Waals surface area contributed by atoms with E-state index < -0.39 is 0 Å². The first kappa shape index (κ1) is 23.6. The molecule has 0 atom stereocenters. The first-order valence-corrected chi connectivity index (χ1v) is 14.2. The highest BCUT2D eigenvalue weighted by atomic mass is 79.9. The van der Waals surface area contributed by atoms with Gasteiger partial charge in [-0.15, -0.1) is 0 Å². The van der Waals surface area contributed by atoms with Crippen LogP contribution >= 0.6 is 66.7 Å². The summed E-state index contributed by atoms with van der Waals surface area (Å²) < 4.78 is 6.18. The van der Waals surface area contributed by atoms with Gasteiger partial charge in [0.2, 0.25) is 0 Å². The van der Waals surface area contributed by atoms with E-state index in [1.54, 1.807) is 0 Å². The Kier molecular flexibility index (Phi) is 5.62. The fourth-order valence-electron chi connectivity index (χ4n) is 5.32. The Morgan fingerprint density at radius 1 is 0.486 bits per heavy atom. The van der Waals surface area contributed by atoms with Gasteiger partial charge < -0.3 is 9.13 Å². The van der Waals surface area contributed by atoms with Crippen LogP contribution < -0.4 is 0 Å². The van der Waals surface area contributed by atoms with E-state index in [1.165, 1.54) is 0 Å². The zero-order valence-electron chi connectivity index (χ0n) is 18.9. The van der Waals surface area contributed by atoms with Crippen molar-refractivity contribution in [3.8, 4) is 11.4 Å². The number of hydrogen-bond acceptors (Lipinski definition) is 0. The summed E-state index contributed by atoms with van der Waals surface area (Å²) >= 11 is 27.4. The third-order valence-corrected chi connectivity index (χ3v) is 9.37. The molecule has 2 aromatic heterocycles. The molecule has 0 unspecified atom stereocenters. The predicted molar refractivity (Wildman–Crippen MR) is 166 cm³/mol. The molecule has 37 heavy (non-hydrogen) atoms. The topological polar surface area (TPSA) is 9.86 Å². The largest absolute Gasteiger partial charge is 0.308 e. The quantitative estimate of drug-likeness (QED) is 0.162. The average Bonchev–Trinajstić information content (AvgIpc) is 3.39. The molecule has 180 valence electrons. The normalized spacial score (nSPS) is 11.9.